The van der Waals surface area contributed by atoms with Crippen LogP contribution in [0.3, 0.4) is 0 Å². The molecule has 0 saturated heterocycles. The Balaban J connectivity index is 2.05. The van der Waals surface area contributed by atoms with Gasteiger partial charge >= 0.3 is 5.97 Å². The standard InChI is InChI=1S/C21H32F2N2O4/c1-25(2)15-16(13-21(27)28)24-20(26)9-7-5-3-4-6-8-12-29-17-10-11-18(22)19(23)14-17/h10-11,14,16H,3-9,12-13,15H2,1-2H3,(H,24,26)(H,27,28)/t16-/m1/s1. The number of hydrogen-bond acceptors (Lipinski definition) is 4. The number of unbranched alkanes of at least 4 members (excludes halogenated alkanes) is 5. The molecule has 29 heavy (non-hydrogen) atoms. The molecule has 0 aliphatic heterocycles. The van der Waals surface area contributed by atoms with Crippen molar-refractivity contribution >= 4 is 11.9 Å². The lowest BCUT2D eigenvalue weighted by atomic mass is 10.1. The maximum absolute atomic E-state index is 13.1. The van der Waals surface area contributed by atoms with E-state index in [4.69, 9.17) is 9.84 Å². The average Bonchev–Trinajstić information content (AvgIpc) is 2.62. The summed E-state index contributed by atoms with van der Waals surface area (Å²) in [4.78, 5) is 24.7. The minimum Gasteiger partial charge on any atom is -0.493 e. The molecule has 0 spiro atoms. The molecule has 0 heterocycles. The maximum Gasteiger partial charge on any atom is 0.305 e. The quantitative estimate of drug-likeness (QED) is 0.429. The molecule has 1 aromatic carbocycles. The van der Waals surface area contributed by atoms with Crippen molar-refractivity contribution in [2.45, 2.75) is 57.4 Å². The molecule has 0 aliphatic carbocycles. The Hall–Kier alpha value is -2.22. The number of nitrogens with one attached hydrogen (secondary N) is 1. The smallest absolute Gasteiger partial charge is 0.305 e. The molecule has 0 aromatic heterocycles. The molecule has 0 fully saturated rings. The zero-order valence-corrected chi connectivity index (χ0v) is 17.3. The van der Waals surface area contributed by atoms with Gasteiger partial charge in [0.1, 0.15) is 5.75 Å². The zero-order chi connectivity index (χ0) is 21.6. The van der Waals surface area contributed by atoms with Crippen LogP contribution in [0.1, 0.15) is 51.4 Å². The van der Waals surface area contributed by atoms with Gasteiger partial charge in [0.05, 0.1) is 19.1 Å². The largest absolute Gasteiger partial charge is 0.493 e. The summed E-state index contributed by atoms with van der Waals surface area (Å²) >= 11 is 0. The van der Waals surface area contributed by atoms with Crippen LogP contribution in [0.15, 0.2) is 18.2 Å². The van der Waals surface area contributed by atoms with E-state index in [0.717, 1.165) is 50.7 Å². The number of hydrogen-bond donors (Lipinski definition) is 2. The van der Waals surface area contributed by atoms with Gasteiger partial charge in [-0.2, -0.15) is 0 Å². The van der Waals surface area contributed by atoms with Crippen molar-refractivity contribution in [2.24, 2.45) is 0 Å². The number of amides is 1. The first-order valence-corrected chi connectivity index (χ1v) is 10.0. The second-order valence-electron chi connectivity index (χ2n) is 7.42. The summed E-state index contributed by atoms with van der Waals surface area (Å²) in [6.07, 6.45) is 5.77. The number of nitrogens with zero attached hydrogens (tertiary/aromatic N) is 1. The molecular weight excluding hydrogens is 382 g/mol. The van der Waals surface area contributed by atoms with Crippen LogP contribution in [0.25, 0.3) is 0 Å². The molecule has 0 unspecified atom stereocenters. The van der Waals surface area contributed by atoms with E-state index in [2.05, 4.69) is 5.32 Å². The third kappa shape index (κ3) is 12.1. The molecule has 0 saturated carbocycles. The Kier molecular flexibility index (Phi) is 11.9. The minimum absolute atomic E-state index is 0.0868. The average molecular weight is 414 g/mol. The van der Waals surface area contributed by atoms with Crippen LogP contribution in [0, 0.1) is 11.6 Å². The van der Waals surface area contributed by atoms with Crippen LogP contribution in [0.2, 0.25) is 0 Å². The van der Waals surface area contributed by atoms with Gasteiger partial charge < -0.3 is 20.1 Å². The fourth-order valence-corrected chi connectivity index (χ4v) is 2.96. The number of halogens is 2. The van der Waals surface area contributed by atoms with Crippen molar-refractivity contribution in [3.63, 3.8) is 0 Å². The number of carboxylic acids is 1. The van der Waals surface area contributed by atoms with Crippen LogP contribution in [-0.2, 0) is 9.59 Å². The Bertz CT molecular complexity index is 641. The Labute approximate surface area is 171 Å². The predicted molar refractivity (Wildman–Crippen MR) is 107 cm³/mol. The van der Waals surface area contributed by atoms with Gasteiger partial charge in [0, 0.05) is 19.0 Å². The van der Waals surface area contributed by atoms with E-state index >= 15 is 0 Å². The normalized spacial score (nSPS) is 12.0. The fraction of sp³-hybridized carbons (Fsp3) is 0.619. The number of carbonyl (C=O) groups excluding carboxylic acids is 1. The lowest BCUT2D eigenvalue weighted by molar-refractivity contribution is -0.137. The van der Waals surface area contributed by atoms with Gasteiger partial charge in [-0.3, -0.25) is 9.59 Å². The summed E-state index contributed by atoms with van der Waals surface area (Å²) in [5.74, 6) is -2.52. The molecule has 6 nitrogen and oxygen atoms in total. The van der Waals surface area contributed by atoms with Crippen LogP contribution in [0.5, 0.6) is 5.75 Å². The summed E-state index contributed by atoms with van der Waals surface area (Å²) in [6.45, 7) is 0.939. The van der Waals surface area contributed by atoms with Gasteiger partial charge in [0.15, 0.2) is 11.6 Å². The van der Waals surface area contributed by atoms with Gasteiger partial charge in [0.2, 0.25) is 5.91 Å². The van der Waals surface area contributed by atoms with Crippen molar-refractivity contribution in [1.29, 1.82) is 0 Å². The van der Waals surface area contributed by atoms with Crippen molar-refractivity contribution in [3.8, 4) is 5.75 Å². The lowest BCUT2D eigenvalue weighted by Crippen LogP contribution is -2.42. The minimum atomic E-state index is -0.925. The number of likely N-dealkylation sites (N-methyl/N-ethyl adjacent to an activating group) is 1. The molecular formula is C21H32F2N2O4. The van der Waals surface area contributed by atoms with Gasteiger partial charge in [0.25, 0.3) is 0 Å². The zero-order valence-electron chi connectivity index (χ0n) is 17.3. The molecule has 8 heteroatoms. The number of aliphatic carboxylic acids is 1. The second kappa shape index (κ2) is 13.9. The third-order valence-corrected chi connectivity index (χ3v) is 4.33. The maximum atomic E-state index is 13.1. The van der Waals surface area contributed by atoms with Gasteiger partial charge in [-0.25, -0.2) is 8.78 Å². The Morgan fingerprint density at radius 2 is 1.72 bits per heavy atom. The highest BCUT2D eigenvalue weighted by atomic mass is 19.2. The fourth-order valence-electron chi connectivity index (χ4n) is 2.96. The highest BCUT2D eigenvalue weighted by molar-refractivity contribution is 5.77. The van der Waals surface area contributed by atoms with Gasteiger partial charge in [-0.1, -0.05) is 25.7 Å². The molecule has 1 amide bonds. The molecule has 1 aromatic rings. The topological polar surface area (TPSA) is 78.9 Å². The second-order valence-corrected chi connectivity index (χ2v) is 7.42. The summed E-state index contributed by atoms with van der Waals surface area (Å²) in [7, 11) is 3.67. The van der Waals surface area contributed by atoms with E-state index in [0.29, 0.717) is 25.3 Å². The third-order valence-electron chi connectivity index (χ3n) is 4.33. The number of carbonyl (C=O) groups is 2. The van der Waals surface area contributed by atoms with Crippen LogP contribution in [-0.4, -0.2) is 55.2 Å². The Morgan fingerprint density at radius 3 is 2.34 bits per heavy atom. The monoisotopic (exact) mass is 414 g/mol. The summed E-state index contributed by atoms with van der Waals surface area (Å²) < 4.78 is 31.3. The van der Waals surface area contributed by atoms with Crippen LogP contribution < -0.4 is 10.1 Å². The number of rotatable bonds is 15. The van der Waals surface area contributed by atoms with E-state index < -0.39 is 17.6 Å². The van der Waals surface area contributed by atoms with Gasteiger partial charge in [-0.15, -0.1) is 0 Å². The van der Waals surface area contributed by atoms with Crippen molar-refractivity contribution in [3.05, 3.63) is 29.8 Å². The highest BCUT2D eigenvalue weighted by Crippen LogP contribution is 2.16. The van der Waals surface area contributed by atoms with E-state index in [1.807, 2.05) is 19.0 Å². The van der Waals surface area contributed by atoms with Crippen molar-refractivity contribution in [1.82, 2.24) is 10.2 Å². The van der Waals surface area contributed by atoms with Crippen LogP contribution >= 0.6 is 0 Å². The van der Waals surface area contributed by atoms with Crippen LogP contribution in [0.4, 0.5) is 8.78 Å². The first-order chi connectivity index (χ1) is 13.8. The lowest BCUT2D eigenvalue weighted by Gasteiger charge is -2.20. The molecule has 0 bridgehead atoms. The first kappa shape index (κ1) is 24.8. The number of carboxylic acid groups (broad SMARTS) is 1. The SMILES string of the molecule is CN(C)C[C@@H](CC(=O)O)NC(=O)CCCCCCCCOc1ccc(F)c(F)c1. The summed E-state index contributed by atoms with van der Waals surface area (Å²) in [6, 6.07) is 3.11. The molecule has 1 rings (SSSR count). The van der Waals surface area contributed by atoms with Crippen molar-refractivity contribution < 1.29 is 28.2 Å². The number of benzene rings is 1. The first-order valence-electron chi connectivity index (χ1n) is 10.0. The molecule has 0 aliphatic rings. The predicted octanol–water partition coefficient (Wildman–Crippen LogP) is 3.60. The van der Waals surface area contributed by atoms with E-state index in [1.54, 1.807) is 0 Å². The van der Waals surface area contributed by atoms with E-state index in [9.17, 15) is 18.4 Å². The van der Waals surface area contributed by atoms with E-state index in [-0.39, 0.29) is 18.4 Å². The highest BCUT2D eigenvalue weighted by Gasteiger charge is 2.16. The van der Waals surface area contributed by atoms with Gasteiger partial charge in [-0.05, 0) is 39.1 Å². The molecule has 0 radical (unpaired) electrons. The van der Waals surface area contributed by atoms with Crippen molar-refractivity contribution in [2.75, 3.05) is 27.2 Å². The summed E-state index contributed by atoms with van der Waals surface area (Å²) in [5.41, 5.74) is 0. The molecule has 1 atom stereocenters. The summed E-state index contributed by atoms with van der Waals surface area (Å²) in [5, 5.41) is 11.7. The number of ether oxygens (including phenoxy) is 1. The molecule has 164 valence electrons. The Morgan fingerprint density at radius 1 is 1.07 bits per heavy atom. The van der Waals surface area contributed by atoms with E-state index in [1.165, 1.54) is 6.07 Å². The molecule has 2 N–H and O–H groups in total.